The molecule has 1 unspecified atom stereocenters. The molecule has 2 aliphatic heterocycles. The van der Waals surface area contributed by atoms with Crippen LogP contribution in [-0.4, -0.2) is 48.4 Å². The van der Waals surface area contributed by atoms with Crippen molar-refractivity contribution in [2.75, 3.05) is 13.7 Å². The first kappa shape index (κ1) is 19.4. The Hall–Kier alpha value is -2.88. The quantitative estimate of drug-likeness (QED) is 0.762. The highest BCUT2D eigenvalue weighted by molar-refractivity contribution is 6.11. The smallest absolute Gasteiger partial charge is 0.483 e. The number of carbonyl (C=O) groups is 2. The molecule has 29 heavy (non-hydrogen) atoms. The third-order valence-electron chi connectivity index (χ3n) is 5.13. The van der Waals surface area contributed by atoms with E-state index in [1.807, 2.05) is 0 Å². The average Bonchev–Trinajstić information content (AvgIpc) is 3.03. The zero-order chi connectivity index (χ0) is 21.0. The fourth-order valence-electron chi connectivity index (χ4n) is 3.93. The molecule has 2 aliphatic rings. The maximum Gasteiger partial charge on any atom is 0.573 e. The Bertz CT molecular complexity index is 1020. The summed E-state index contributed by atoms with van der Waals surface area (Å²) < 4.78 is 52.6. The van der Waals surface area contributed by atoms with Crippen molar-refractivity contribution in [3.8, 4) is 11.5 Å². The molecule has 154 valence electrons. The molecule has 7 nitrogen and oxygen atoms in total. The fraction of sp³-hybridized carbons (Fsp3) is 0.421. The molecule has 0 aliphatic carbocycles. The number of ketones is 1. The Morgan fingerprint density at radius 3 is 2.83 bits per heavy atom. The van der Waals surface area contributed by atoms with Gasteiger partial charge in [-0.1, -0.05) is 0 Å². The van der Waals surface area contributed by atoms with Crippen molar-refractivity contribution < 1.29 is 37.0 Å². The maximum atomic E-state index is 13.0. The number of benzene rings is 1. The van der Waals surface area contributed by atoms with Crippen molar-refractivity contribution in [2.24, 2.45) is 0 Å². The van der Waals surface area contributed by atoms with Crippen LogP contribution in [0.5, 0.6) is 11.5 Å². The third-order valence-corrected chi connectivity index (χ3v) is 5.13. The summed E-state index contributed by atoms with van der Waals surface area (Å²) >= 11 is 0. The monoisotopic (exact) mass is 410 g/mol. The van der Waals surface area contributed by atoms with Crippen molar-refractivity contribution in [3.05, 3.63) is 29.5 Å². The van der Waals surface area contributed by atoms with E-state index in [1.165, 1.54) is 13.2 Å². The minimum Gasteiger partial charge on any atom is -0.483 e. The second-order valence-corrected chi connectivity index (χ2v) is 7.17. The van der Waals surface area contributed by atoms with Crippen LogP contribution in [0.1, 0.15) is 28.9 Å². The highest BCUT2D eigenvalue weighted by Crippen LogP contribution is 2.43. The molecule has 1 aromatic heterocycles. The van der Waals surface area contributed by atoms with Gasteiger partial charge in [0.05, 0.1) is 30.3 Å². The molecule has 4 rings (SSSR count). The molecule has 1 spiro atoms. The zero-order valence-corrected chi connectivity index (χ0v) is 15.6. The second-order valence-electron chi connectivity index (χ2n) is 7.17. The lowest BCUT2D eigenvalue weighted by Crippen LogP contribution is -2.44. The number of alkyl halides is 3. The standard InChI is InChI=1S/C19H17F3N2O5/c1-9-16-15(11-5-10(28-19(20,21)22)3-4-12(11)24-9)14(25)7-18(29-16)6-13(23-8-18)17(26)27-2/h3-5,13,23H,6-8H2,1-2H3/t13-,18?/m0/s1. The van der Waals surface area contributed by atoms with Gasteiger partial charge in [-0.05, 0) is 25.1 Å². The van der Waals surface area contributed by atoms with Crippen molar-refractivity contribution in [3.63, 3.8) is 0 Å². The number of fused-ring (bicyclic) bond motifs is 3. The van der Waals surface area contributed by atoms with Gasteiger partial charge >= 0.3 is 12.3 Å². The molecule has 1 fully saturated rings. The van der Waals surface area contributed by atoms with Crippen molar-refractivity contribution >= 4 is 22.7 Å². The number of rotatable bonds is 2. The largest absolute Gasteiger partial charge is 0.573 e. The molecule has 1 aromatic carbocycles. The molecule has 0 amide bonds. The number of hydrogen-bond acceptors (Lipinski definition) is 7. The van der Waals surface area contributed by atoms with Crippen LogP contribution in [-0.2, 0) is 9.53 Å². The van der Waals surface area contributed by atoms with Gasteiger partial charge in [0.25, 0.3) is 0 Å². The lowest BCUT2D eigenvalue weighted by molar-refractivity contribution is -0.274. The number of pyridine rings is 1. The van der Waals surface area contributed by atoms with Crippen LogP contribution in [0.4, 0.5) is 13.2 Å². The van der Waals surface area contributed by atoms with Crippen LogP contribution < -0.4 is 14.8 Å². The number of Topliss-reactive ketones (excluding diaryl/α,β-unsaturated/α-hetero) is 1. The highest BCUT2D eigenvalue weighted by Gasteiger charge is 2.49. The van der Waals surface area contributed by atoms with Gasteiger partial charge in [0.1, 0.15) is 17.4 Å². The number of aromatic nitrogens is 1. The summed E-state index contributed by atoms with van der Waals surface area (Å²) in [7, 11) is 1.28. The van der Waals surface area contributed by atoms with Gasteiger partial charge in [-0.15, -0.1) is 13.2 Å². The number of halogens is 3. The van der Waals surface area contributed by atoms with Gasteiger partial charge in [-0.3, -0.25) is 9.59 Å². The maximum absolute atomic E-state index is 13.0. The number of carbonyl (C=O) groups excluding carboxylic acids is 2. The number of aryl methyl sites for hydroxylation is 1. The molecular weight excluding hydrogens is 393 g/mol. The lowest BCUT2D eigenvalue weighted by Gasteiger charge is -2.35. The van der Waals surface area contributed by atoms with E-state index in [4.69, 9.17) is 9.47 Å². The van der Waals surface area contributed by atoms with Crippen LogP contribution in [0.15, 0.2) is 18.2 Å². The van der Waals surface area contributed by atoms with Gasteiger partial charge in [0, 0.05) is 18.4 Å². The van der Waals surface area contributed by atoms with E-state index >= 15 is 0 Å². The minimum atomic E-state index is -4.85. The van der Waals surface area contributed by atoms with Gasteiger partial charge in [-0.2, -0.15) is 0 Å². The van der Waals surface area contributed by atoms with Crippen molar-refractivity contribution in [1.29, 1.82) is 0 Å². The van der Waals surface area contributed by atoms with Gasteiger partial charge in [0.15, 0.2) is 11.5 Å². The van der Waals surface area contributed by atoms with Crippen LogP contribution >= 0.6 is 0 Å². The number of ether oxygens (including phenoxy) is 3. The predicted octanol–water partition coefficient (Wildman–Crippen LogP) is 2.68. The number of nitrogens with zero attached hydrogens (tertiary/aromatic N) is 1. The third kappa shape index (κ3) is 3.48. The number of methoxy groups -OCH3 is 1. The van der Waals surface area contributed by atoms with E-state index in [1.54, 1.807) is 6.92 Å². The van der Waals surface area contributed by atoms with E-state index in [2.05, 4.69) is 15.0 Å². The van der Waals surface area contributed by atoms with E-state index < -0.39 is 29.7 Å². The summed E-state index contributed by atoms with van der Waals surface area (Å²) in [5.41, 5.74) is 0.0298. The first-order chi connectivity index (χ1) is 13.6. The fourth-order valence-corrected chi connectivity index (χ4v) is 3.93. The van der Waals surface area contributed by atoms with Crippen LogP contribution in [0.25, 0.3) is 10.9 Å². The Morgan fingerprint density at radius 2 is 2.14 bits per heavy atom. The first-order valence-corrected chi connectivity index (χ1v) is 8.84. The van der Waals surface area contributed by atoms with Gasteiger partial charge in [-0.25, -0.2) is 4.98 Å². The summed E-state index contributed by atoms with van der Waals surface area (Å²) in [5.74, 6) is -0.978. The summed E-state index contributed by atoms with van der Waals surface area (Å²) in [6.45, 7) is 1.91. The Kier molecular flexibility index (Phi) is 4.41. The second kappa shape index (κ2) is 6.58. The summed E-state index contributed by atoms with van der Waals surface area (Å²) in [6.07, 6.45) is -4.64. The van der Waals surface area contributed by atoms with Gasteiger partial charge in [0.2, 0.25) is 0 Å². The van der Waals surface area contributed by atoms with Gasteiger partial charge < -0.3 is 19.5 Å². The summed E-state index contributed by atoms with van der Waals surface area (Å²) in [4.78, 5) is 29.2. The molecule has 2 atom stereocenters. The van der Waals surface area contributed by atoms with Crippen molar-refractivity contribution in [1.82, 2.24) is 10.3 Å². The Morgan fingerprint density at radius 1 is 1.38 bits per heavy atom. The molecule has 1 saturated heterocycles. The van der Waals surface area contributed by atoms with E-state index in [9.17, 15) is 22.8 Å². The summed E-state index contributed by atoms with van der Waals surface area (Å²) in [6, 6.07) is 3.05. The first-order valence-electron chi connectivity index (χ1n) is 8.84. The molecule has 1 N–H and O–H groups in total. The summed E-state index contributed by atoms with van der Waals surface area (Å²) in [5, 5.41) is 3.22. The number of hydrogen-bond donors (Lipinski definition) is 1. The van der Waals surface area contributed by atoms with Crippen LogP contribution in [0.3, 0.4) is 0 Å². The Labute approximate surface area is 163 Å². The Balaban J connectivity index is 1.76. The zero-order valence-electron chi connectivity index (χ0n) is 15.6. The topological polar surface area (TPSA) is 86.8 Å². The molecule has 10 heteroatoms. The number of esters is 1. The lowest BCUT2D eigenvalue weighted by atomic mass is 9.86. The van der Waals surface area contributed by atoms with E-state index in [-0.39, 0.29) is 41.9 Å². The molecule has 0 bridgehead atoms. The molecule has 2 aromatic rings. The molecular formula is C19H17F3N2O5. The predicted molar refractivity (Wildman–Crippen MR) is 93.9 cm³/mol. The molecule has 0 radical (unpaired) electrons. The highest BCUT2D eigenvalue weighted by atomic mass is 19.4. The average molecular weight is 410 g/mol. The molecule has 3 heterocycles. The molecule has 0 saturated carbocycles. The SMILES string of the molecule is COC(=O)[C@@H]1CC2(CN1)CC(=O)c1c(c(C)nc3ccc(OC(F)(F)F)cc13)O2. The van der Waals surface area contributed by atoms with Crippen LogP contribution in [0.2, 0.25) is 0 Å². The van der Waals surface area contributed by atoms with E-state index in [0.29, 0.717) is 11.2 Å². The van der Waals surface area contributed by atoms with Crippen molar-refractivity contribution in [2.45, 2.75) is 37.8 Å². The van der Waals surface area contributed by atoms with Crippen LogP contribution in [0, 0.1) is 6.92 Å². The number of nitrogens with one attached hydrogen (secondary N) is 1. The normalized spacial score (nSPS) is 23.8. The minimum absolute atomic E-state index is 0.0244. The van der Waals surface area contributed by atoms with E-state index in [0.717, 1.165) is 12.1 Å².